The number of hydrogen-bond acceptors (Lipinski definition) is 5. The first kappa shape index (κ1) is 12.2. The summed E-state index contributed by atoms with van der Waals surface area (Å²) in [6.45, 7) is 0.113. The number of H-pyrrole nitrogens is 1. The van der Waals surface area contributed by atoms with Gasteiger partial charge in [-0.15, -0.1) is 0 Å². The molecular formula is C10H9N5O2S. The molecule has 0 saturated carbocycles. The molecular weight excluding hydrogens is 254 g/mol. The Balaban J connectivity index is 2.13. The van der Waals surface area contributed by atoms with E-state index in [9.17, 15) is 8.42 Å². The van der Waals surface area contributed by atoms with E-state index in [1.54, 1.807) is 6.07 Å². The van der Waals surface area contributed by atoms with E-state index in [2.05, 4.69) is 19.9 Å². The van der Waals surface area contributed by atoms with Crippen LogP contribution in [0.4, 0.5) is 0 Å². The lowest BCUT2D eigenvalue weighted by Crippen LogP contribution is -2.23. The van der Waals surface area contributed by atoms with Crippen molar-refractivity contribution in [1.29, 1.82) is 5.26 Å². The van der Waals surface area contributed by atoms with Crippen LogP contribution in [0.2, 0.25) is 0 Å². The molecule has 0 radical (unpaired) electrons. The number of sulfonamides is 1. The largest absolute Gasteiger partial charge is 0.281 e. The molecule has 2 rings (SSSR count). The van der Waals surface area contributed by atoms with Crippen LogP contribution in [0.3, 0.4) is 0 Å². The van der Waals surface area contributed by atoms with Gasteiger partial charge in [-0.3, -0.25) is 5.10 Å². The number of aromatic nitrogens is 3. The predicted octanol–water partition coefficient (Wildman–Crippen LogP) is 0.155. The summed E-state index contributed by atoms with van der Waals surface area (Å²) in [5.41, 5.74) is 0.822. The van der Waals surface area contributed by atoms with Crippen molar-refractivity contribution in [1.82, 2.24) is 19.9 Å². The first-order valence-electron chi connectivity index (χ1n) is 4.96. The van der Waals surface area contributed by atoms with Crippen molar-refractivity contribution in [2.45, 2.75) is 11.4 Å². The molecule has 0 spiro atoms. The van der Waals surface area contributed by atoms with Crippen LogP contribution in [-0.2, 0) is 16.6 Å². The fraction of sp³-hybridized carbons (Fsp3) is 0.100. The summed E-state index contributed by atoms with van der Waals surface area (Å²) < 4.78 is 26.1. The smallest absolute Gasteiger partial charge is 0.242 e. The fourth-order valence-electron chi connectivity index (χ4n) is 1.24. The van der Waals surface area contributed by atoms with Crippen LogP contribution in [-0.4, -0.2) is 23.6 Å². The molecule has 0 atom stereocenters. The van der Waals surface area contributed by atoms with Crippen molar-refractivity contribution in [2.24, 2.45) is 0 Å². The first-order chi connectivity index (χ1) is 8.62. The van der Waals surface area contributed by atoms with Crippen LogP contribution >= 0.6 is 0 Å². The van der Waals surface area contributed by atoms with Gasteiger partial charge in [0, 0.05) is 12.4 Å². The molecule has 0 bridgehead atoms. The number of nitrogens with one attached hydrogen (secondary N) is 2. The normalized spacial score (nSPS) is 11.1. The molecule has 2 heterocycles. The zero-order valence-corrected chi connectivity index (χ0v) is 9.98. The number of nitrogens with zero attached hydrogens (tertiary/aromatic N) is 3. The lowest BCUT2D eigenvalue weighted by molar-refractivity contribution is 0.580. The highest BCUT2D eigenvalue weighted by molar-refractivity contribution is 7.89. The van der Waals surface area contributed by atoms with E-state index >= 15 is 0 Å². The summed E-state index contributed by atoms with van der Waals surface area (Å²) in [5, 5.41) is 14.9. The van der Waals surface area contributed by atoms with E-state index in [4.69, 9.17) is 5.26 Å². The van der Waals surface area contributed by atoms with Crippen LogP contribution in [0.1, 0.15) is 11.4 Å². The second-order valence-corrected chi connectivity index (χ2v) is 5.16. The molecule has 0 unspecified atom stereocenters. The second-order valence-electron chi connectivity index (χ2n) is 3.40. The molecule has 18 heavy (non-hydrogen) atoms. The Morgan fingerprint density at radius 3 is 2.78 bits per heavy atom. The quantitative estimate of drug-likeness (QED) is 0.815. The van der Waals surface area contributed by atoms with Gasteiger partial charge < -0.3 is 0 Å². The maximum absolute atomic E-state index is 11.9. The van der Waals surface area contributed by atoms with Gasteiger partial charge in [0.2, 0.25) is 10.0 Å². The molecule has 2 aromatic rings. The lowest BCUT2D eigenvalue weighted by atomic mass is 10.4. The summed E-state index contributed by atoms with van der Waals surface area (Å²) in [5.74, 6) is 0. The molecule has 0 aliphatic carbocycles. The summed E-state index contributed by atoms with van der Waals surface area (Å²) in [6.07, 6.45) is 2.68. The first-order valence-corrected chi connectivity index (χ1v) is 6.44. The average Bonchev–Trinajstić information content (AvgIpc) is 2.90. The van der Waals surface area contributed by atoms with E-state index in [0.717, 1.165) is 6.20 Å². The van der Waals surface area contributed by atoms with Gasteiger partial charge in [-0.2, -0.15) is 10.4 Å². The number of hydrogen-bond donors (Lipinski definition) is 2. The Hall–Kier alpha value is -2.24. The third kappa shape index (κ3) is 2.71. The van der Waals surface area contributed by atoms with Gasteiger partial charge in [-0.1, -0.05) is 0 Å². The van der Waals surface area contributed by atoms with Crippen molar-refractivity contribution in [3.8, 4) is 6.07 Å². The maximum Gasteiger partial charge on any atom is 0.242 e. The highest BCUT2D eigenvalue weighted by atomic mass is 32.2. The minimum Gasteiger partial charge on any atom is -0.281 e. The zero-order valence-electron chi connectivity index (χ0n) is 9.16. The van der Waals surface area contributed by atoms with Gasteiger partial charge in [-0.25, -0.2) is 18.1 Å². The van der Waals surface area contributed by atoms with Gasteiger partial charge in [0.05, 0.1) is 12.2 Å². The molecule has 0 fully saturated rings. The molecule has 0 amide bonds. The molecule has 2 aromatic heterocycles. The fourth-order valence-corrected chi connectivity index (χ4v) is 2.20. The second kappa shape index (κ2) is 4.95. The van der Waals surface area contributed by atoms with Crippen LogP contribution in [0.25, 0.3) is 0 Å². The zero-order chi connectivity index (χ0) is 13.0. The molecule has 0 saturated heterocycles. The van der Waals surface area contributed by atoms with E-state index in [0.29, 0.717) is 5.69 Å². The predicted molar refractivity (Wildman–Crippen MR) is 61.6 cm³/mol. The summed E-state index contributed by atoms with van der Waals surface area (Å²) in [7, 11) is -3.63. The molecule has 0 aromatic carbocycles. The Kier molecular flexibility index (Phi) is 3.36. The van der Waals surface area contributed by atoms with Crippen molar-refractivity contribution in [3.05, 3.63) is 42.0 Å². The van der Waals surface area contributed by atoms with E-state index in [1.807, 2.05) is 6.07 Å². The molecule has 2 N–H and O–H groups in total. The summed E-state index contributed by atoms with van der Waals surface area (Å²) in [4.78, 5) is 3.72. The van der Waals surface area contributed by atoms with Gasteiger partial charge in [0.15, 0.2) is 0 Å². The van der Waals surface area contributed by atoms with Crippen LogP contribution in [0.5, 0.6) is 0 Å². The van der Waals surface area contributed by atoms with E-state index < -0.39 is 10.0 Å². The lowest BCUT2D eigenvalue weighted by Gasteiger charge is -2.04. The topological polar surface area (TPSA) is 112 Å². The molecule has 7 nitrogen and oxygen atoms in total. The monoisotopic (exact) mass is 263 g/mol. The highest BCUT2D eigenvalue weighted by Gasteiger charge is 2.14. The van der Waals surface area contributed by atoms with Crippen molar-refractivity contribution in [3.63, 3.8) is 0 Å². The minimum atomic E-state index is -3.63. The van der Waals surface area contributed by atoms with Crippen LogP contribution < -0.4 is 4.72 Å². The average molecular weight is 263 g/mol. The number of nitriles is 1. The third-order valence-electron chi connectivity index (χ3n) is 2.17. The molecule has 92 valence electrons. The van der Waals surface area contributed by atoms with Crippen LogP contribution in [0.15, 0.2) is 35.5 Å². The maximum atomic E-state index is 11.9. The Labute approximate surface area is 104 Å². The summed E-state index contributed by atoms with van der Waals surface area (Å²) >= 11 is 0. The van der Waals surface area contributed by atoms with Gasteiger partial charge in [-0.05, 0) is 18.2 Å². The van der Waals surface area contributed by atoms with Gasteiger partial charge in [0.25, 0.3) is 0 Å². The summed E-state index contributed by atoms with van der Waals surface area (Å²) in [6, 6.07) is 6.17. The van der Waals surface area contributed by atoms with Crippen molar-refractivity contribution in [2.75, 3.05) is 0 Å². The number of rotatable bonds is 4. The van der Waals surface area contributed by atoms with E-state index in [-0.39, 0.29) is 17.1 Å². The molecule has 8 heteroatoms. The minimum absolute atomic E-state index is 0.0148. The van der Waals surface area contributed by atoms with Crippen molar-refractivity contribution >= 4 is 10.0 Å². The number of pyridine rings is 1. The molecule has 0 aliphatic rings. The Morgan fingerprint density at radius 1 is 1.39 bits per heavy atom. The van der Waals surface area contributed by atoms with Crippen molar-refractivity contribution < 1.29 is 8.42 Å². The van der Waals surface area contributed by atoms with Crippen LogP contribution in [0, 0.1) is 11.3 Å². The SMILES string of the molecule is N#Cc1ccc(S(=O)(=O)NCc2ccn[nH]2)cn1. The molecule has 0 aliphatic heterocycles. The highest BCUT2D eigenvalue weighted by Crippen LogP contribution is 2.08. The van der Waals surface area contributed by atoms with E-state index in [1.165, 1.54) is 18.3 Å². The van der Waals surface area contributed by atoms with Gasteiger partial charge >= 0.3 is 0 Å². The third-order valence-corrected chi connectivity index (χ3v) is 3.56. The van der Waals surface area contributed by atoms with Gasteiger partial charge in [0.1, 0.15) is 16.7 Å². The number of aromatic amines is 1. The standard InChI is InChI=1S/C10H9N5O2S/c11-5-8-1-2-10(7-12-8)18(16,17)14-6-9-3-4-13-15-9/h1-4,7,14H,6H2,(H,13,15). The Bertz CT molecular complexity index is 655. The Morgan fingerprint density at radius 2 is 2.22 bits per heavy atom.